The van der Waals surface area contributed by atoms with Crippen molar-refractivity contribution in [3.8, 4) is 11.3 Å². The Balaban J connectivity index is 1.50. The van der Waals surface area contributed by atoms with Gasteiger partial charge in [0, 0.05) is 18.7 Å². The number of rotatable bonds is 9. The van der Waals surface area contributed by atoms with Crippen molar-refractivity contribution in [3.05, 3.63) is 47.5 Å². The second kappa shape index (κ2) is 9.74. The monoisotopic (exact) mass is 447 g/mol. The molecule has 0 saturated carbocycles. The van der Waals surface area contributed by atoms with Crippen molar-refractivity contribution in [1.82, 2.24) is 25.3 Å². The summed E-state index contributed by atoms with van der Waals surface area (Å²) in [5.74, 6) is -0.737. The van der Waals surface area contributed by atoms with Crippen LogP contribution in [-0.4, -0.2) is 56.1 Å². The third kappa shape index (κ3) is 6.58. The fourth-order valence-electron chi connectivity index (χ4n) is 2.59. The molecule has 0 aliphatic carbocycles. The molecule has 1 aromatic carbocycles. The molecule has 0 bridgehead atoms. The van der Waals surface area contributed by atoms with Gasteiger partial charge in [-0.05, 0) is 12.1 Å². The van der Waals surface area contributed by atoms with Gasteiger partial charge < -0.3 is 10.6 Å². The van der Waals surface area contributed by atoms with Gasteiger partial charge in [-0.2, -0.15) is 0 Å². The molecule has 9 nitrogen and oxygen atoms in total. The molecular weight excluding hydrogens is 426 g/mol. The van der Waals surface area contributed by atoms with E-state index >= 15 is 0 Å². The summed E-state index contributed by atoms with van der Waals surface area (Å²) in [4.78, 5) is 33.6. The summed E-state index contributed by atoms with van der Waals surface area (Å²) in [7, 11) is -3.29. The first kappa shape index (κ1) is 21.8. The topological polar surface area (TPSA) is 130 Å². The summed E-state index contributed by atoms with van der Waals surface area (Å²) in [5, 5.41) is 5.65. The molecule has 3 rings (SSSR count). The van der Waals surface area contributed by atoms with Crippen molar-refractivity contribution < 1.29 is 18.0 Å². The number of carbonyl (C=O) groups excluding carboxylic acids is 2. The van der Waals surface area contributed by atoms with Gasteiger partial charge in [-0.1, -0.05) is 41.7 Å². The zero-order chi connectivity index (χ0) is 21.6. The van der Waals surface area contributed by atoms with Gasteiger partial charge in [0.2, 0.25) is 21.8 Å². The average molecular weight is 448 g/mol. The summed E-state index contributed by atoms with van der Waals surface area (Å²) < 4.78 is 24.1. The number of pyridine rings is 1. The maximum Gasteiger partial charge on any atom is 0.239 e. The smallest absolute Gasteiger partial charge is 0.239 e. The fourth-order valence-corrected chi connectivity index (χ4v) is 3.99. The van der Waals surface area contributed by atoms with Crippen LogP contribution in [0.1, 0.15) is 5.01 Å². The second-order valence-electron chi connectivity index (χ2n) is 6.46. The normalized spacial score (nSPS) is 11.4. The van der Waals surface area contributed by atoms with Crippen LogP contribution in [0.25, 0.3) is 21.6 Å². The number of benzene rings is 1. The third-order valence-electron chi connectivity index (χ3n) is 3.94. The van der Waals surface area contributed by atoms with Crippen molar-refractivity contribution in [2.24, 2.45) is 0 Å². The van der Waals surface area contributed by atoms with Gasteiger partial charge in [-0.3, -0.25) is 9.59 Å². The molecule has 0 aliphatic rings. The maximum atomic E-state index is 12.1. The van der Waals surface area contributed by atoms with E-state index < -0.39 is 15.9 Å². The van der Waals surface area contributed by atoms with Crippen LogP contribution in [0, 0.1) is 0 Å². The van der Waals surface area contributed by atoms with E-state index in [9.17, 15) is 18.0 Å². The molecular formula is C19H21N5O4S2. The summed E-state index contributed by atoms with van der Waals surface area (Å²) in [6.07, 6.45) is 1.08. The van der Waals surface area contributed by atoms with E-state index in [1.807, 2.05) is 42.5 Å². The number of nitrogens with zero attached hydrogens (tertiary/aromatic N) is 2. The van der Waals surface area contributed by atoms with E-state index in [-0.39, 0.29) is 32.0 Å². The summed E-state index contributed by atoms with van der Waals surface area (Å²) in [5.41, 5.74) is 2.56. The highest BCUT2D eigenvalue weighted by atomic mass is 32.2. The van der Waals surface area contributed by atoms with E-state index in [0.717, 1.165) is 27.9 Å². The molecule has 11 heteroatoms. The number of fused-ring (bicyclic) bond motifs is 1. The molecule has 3 N–H and O–H groups in total. The zero-order valence-corrected chi connectivity index (χ0v) is 17.8. The van der Waals surface area contributed by atoms with Crippen molar-refractivity contribution in [3.63, 3.8) is 0 Å². The Hall–Kier alpha value is -2.89. The molecule has 158 valence electrons. The number of thiazole rings is 1. The van der Waals surface area contributed by atoms with Gasteiger partial charge in [0.15, 0.2) is 0 Å². The lowest BCUT2D eigenvalue weighted by molar-refractivity contribution is -0.125. The van der Waals surface area contributed by atoms with Crippen molar-refractivity contribution in [2.45, 2.75) is 6.42 Å². The minimum absolute atomic E-state index is 0.0462. The fraction of sp³-hybridized carbons (Fsp3) is 0.263. The highest BCUT2D eigenvalue weighted by Gasteiger charge is 2.12. The number of hydrogen-bond acceptors (Lipinski definition) is 7. The lowest BCUT2D eigenvalue weighted by Gasteiger charge is -2.06. The van der Waals surface area contributed by atoms with Gasteiger partial charge in [-0.25, -0.2) is 23.1 Å². The number of hydrogen-bond donors (Lipinski definition) is 3. The van der Waals surface area contributed by atoms with E-state index in [2.05, 4.69) is 25.3 Å². The quantitative estimate of drug-likeness (QED) is 0.414. The largest absolute Gasteiger partial charge is 0.353 e. The van der Waals surface area contributed by atoms with Crippen LogP contribution < -0.4 is 15.4 Å². The number of carbonyl (C=O) groups is 2. The van der Waals surface area contributed by atoms with Crippen LogP contribution in [0.3, 0.4) is 0 Å². The first-order valence-corrected chi connectivity index (χ1v) is 11.8. The molecule has 2 heterocycles. The van der Waals surface area contributed by atoms with Crippen LogP contribution in [0.5, 0.6) is 0 Å². The van der Waals surface area contributed by atoms with Crippen LogP contribution in [0.15, 0.2) is 42.5 Å². The van der Waals surface area contributed by atoms with Gasteiger partial charge >= 0.3 is 0 Å². The van der Waals surface area contributed by atoms with Gasteiger partial charge in [-0.15, -0.1) is 0 Å². The SMILES string of the molecule is CS(=O)(=O)NCCNC(=O)CNC(=O)Cc1nc2ccc(-c3ccccc3)nc2s1. The molecule has 0 saturated heterocycles. The molecule has 2 aromatic heterocycles. The third-order valence-corrected chi connectivity index (χ3v) is 5.63. The Morgan fingerprint density at radius 2 is 1.73 bits per heavy atom. The van der Waals surface area contributed by atoms with Crippen molar-refractivity contribution in [2.75, 3.05) is 25.9 Å². The number of nitrogens with one attached hydrogen (secondary N) is 3. The maximum absolute atomic E-state index is 12.1. The summed E-state index contributed by atoms with van der Waals surface area (Å²) in [6, 6.07) is 13.6. The average Bonchev–Trinajstić information content (AvgIpc) is 3.11. The Labute approximate surface area is 178 Å². The highest BCUT2D eigenvalue weighted by molar-refractivity contribution is 7.88. The van der Waals surface area contributed by atoms with Gasteiger partial charge in [0.1, 0.15) is 15.4 Å². The van der Waals surface area contributed by atoms with E-state index in [1.165, 1.54) is 11.3 Å². The molecule has 0 aliphatic heterocycles. The standard InChI is InChI=1S/C19H21N5O4S2/c1-30(27,28)22-10-9-20-17(26)12-21-16(25)11-18-23-15-8-7-14(24-19(15)29-18)13-5-3-2-4-6-13/h2-8,22H,9-12H2,1H3,(H,20,26)(H,21,25). The highest BCUT2D eigenvalue weighted by Crippen LogP contribution is 2.25. The van der Waals surface area contributed by atoms with Crippen LogP contribution in [-0.2, 0) is 26.0 Å². The zero-order valence-electron chi connectivity index (χ0n) is 16.2. The molecule has 0 radical (unpaired) electrons. The number of sulfonamides is 1. The van der Waals surface area contributed by atoms with E-state index in [0.29, 0.717) is 5.01 Å². The van der Waals surface area contributed by atoms with Crippen LogP contribution in [0.2, 0.25) is 0 Å². The molecule has 2 amide bonds. The minimum Gasteiger partial charge on any atom is -0.353 e. The lowest BCUT2D eigenvalue weighted by atomic mass is 10.1. The molecule has 0 spiro atoms. The first-order valence-electron chi connectivity index (χ1n) is 9.10. The lowest BCUT2D eigenvalue weighted by Crippen LogP contribution is -2.40. The molecule has 0 fully saturated rings. The van der Waals surface area contributed by atoms with Gasteiger partial charge in [0.05, 0.1) is 24.9 Å². The van der Waals surface area contributed by atoms with Crippen molar-refractivity contribution >= 4 is 43.5 Å². The van der Waals surface area contributed by atoms with E-state index in [1.54, 1.807) is 0 Å². The van der Waals surface area contributed by atoms with Crippen LogP contribution >= 0.6 is 11.3 Å². The Bertz CT molecular complexity index is 1150. The minimum atomic E-state index is -3.29. The first-order chi connectivity index (χ1) is 14.3. The predicted molar refractivity (Wildman–Crippen MR) is 115 cm³/mol. The Kier molecular flexibility index (Phi) is 7.08. The van der Waals surface area contributed by atoms with Crippen molar-refractivity contribution in [1.29, 1.82) is 0 Å². The van der Waals surface area contributed by atoms with Crippen LogP contribution in [0.4, 0.5) is 0 Å². The molecule has 0 atom stereocenters. The number of amides is 2. The van der Waals surface area contributed by atoms with E-state index in [4.69, 9.17) is 0 Å². The summed E-state index contributed by atoms with van der Waals surface area (Å²) in [6.45, 7) is 0.0241. The number of aromatic nitrogens is 2. The second-order valence-corrected chi connectivity index (χ2v) is 9.36. The molecule has 0 unspecified atom stereocenters. The predicted octanol–water partition coefficient (Wildman–Crippen LogP) is 0.682. The summed E-state index contributed by atoms with van der Waals surface area (Å²) >= 11 is 1.34. The van der Waals surface area contributed by atoms with Gasteiger partial charge in [0.25, 0.3) is 0 Å². The Morgan fingerprint density at radius 3 is 2.47 bits per heavy atom. The molecule has 3 aromatic rings. The molecule has 30 heavy (non-hydrogen) atoms. The Morgan fingerprint density at radius 1 is 0.967 bits per heavy atom.